The van der Waals surface area contributed by atoms with E-state index in [4.69, 9.17) is 10.5 Å². The highest BCUT2D eigenvalue weighted by atomic mass is 16.6. The maximum Gasteiger partial charge on any atom is 0.414 e. The summed E-state index contributed by atoms with van der Waals surface area (Å²) in [5.74, 6) is -0.468. The largest absolute Gasteiger partial charge is 0.468 e. The minimum Gasteiger partial charge on any atom is -0.468 e. The van der Waals surface area contributed by atoms with Crippen molar-refractivity contribution >= 4 is 17.7 Å². The summed E-state index contributed by atoms with van der Waals surface area (Å²) < 4.78 is 10.1. The Morgan fingerprint density at radius 2 is 2.04 bits per heavy atom. The molecule has 6 nitrogen and oxygen atoms in total. The van der Waals surface area contributed by atoms with E-state index in [1.165, 1.54) is 7.11 Å². The number of ether oxygens (including phenoxy) is 2. The molecule has 1 aromatic carbocycles. The van der Waals surface area contributed by atoms with Gasteiger partial charge in [0.15, 0.2) is 0 Å². The molecule has 6 heteroatoms. The second-order valence-electron chi connectivity index (χ2n) is 6.64. The van der Waals surface area contributed by atoms with Crippen molar-refractivity contribution in [1.82, 2.24) is 0 Å². The fraction of sp³-hybridized carbons (Fsp3) is 0.529. The van der Waals surface area contributed by atoms with Gasteiger partial charge < -0.3 is 15.2 Å². The number of esters is 1. The van der Waals surface area contributed by atoms with Crippen molar-refractivity contribution in [2.45, 2.75) is 45.3 Å². The zero-order valence-electron chi connectivity index (χ0n) is 14.1. The molecule has 0 fully saturated rings. The number of carbonyl (C=O) groups excluding carboxylic acids is 2. The SMILES string of the molecule is COC(=O)C(N)Cc1cccc2c1N(C(=O)OC(C)(C)C)CC2. The van der Waals surface area contributed by atoms with Gasteiger partial charge in [-0.15, -0.1) is 0 Å². The van der Waals surface area contributed by atoms with E-state index in [0.717, 1.165) is 23.2 Å². The van der Waals surface area contributed by atoms with Crippen LogP contribution in [-0.4, -0.2) is 37.4 Å². The van der Waals surface area contributed by atoms with Gasteiger partial charge in [0.25, 0.3) is 0 Å². The molecule has 0 saturated carbocycles. The summed E-state index contributed by atoms with van der Waals surface area (Å²) in [7, 11) is 1.31. The Hall–Kier alpha value is -2.08. The minimum atomic E-state index is -0.757. The van der Waals surface area contributed by atoms with Crippen LogP contribution in [0.5, 0.6) is 0 Å². The second kappa shape index (κ2) is 6.58. The van der Waals surface area contributed by atoms with Crippen molar-refractivity contribution in [2.75, 3.05) is 18.6 Å². The minimum absolute atomic E-state index is 0.315. The monoisotopic (exact) mass is 320 g/mol. The molecule has 0 saturated heterocycles. The van der Waals surface area contributed by atoms with Crippen LogP contribution in [0.15, 0.2) is 18.2 Å². The van der Waals surface area contributed by atoms with E-state index in [2.05, 4.69) is 4.74 Å². The number of nitrogens with two attached hydrogens (primary N) is 1. The van der Waals surface area contributed by atoms with Crippen LogP contribution in [0.2, 0.25) is 0 Å². The maximum atomic E-state index is 12.4. The number of para-hydroxylation sites is 1. The van der Waals surface area contributed by atoms with Gasteiger partial charge in [0.1, 0.15) is 11.6 Å². The van der Waals surface area contributed by atoms with E-state index in [0.29, 0.717) is 13.0 Å². The summed E-state index contributed by atoms with van der Waals surface area (Å²) in [6, 6.07) is 5.01. The Balaban J connectivity index is 2.27. The number of amides is 1. The van der Waals surface area contributed by atoms with Crippen molar-refractivity contribution in [3.05, 3.63) is 29.3 Å². The fourth-order valence-corrected chi connectivity index (χ4v) is 2.67. The number of hydrogen-bond acceptors (Lipinski definition) is 5. The van der Waals surface area contributed by atoms with Crippen molar-refractivity contribution < 1.29 is 19.1 Å². The van der Waals surface area contributed by atoms with E-state index in [-0.39, 0.29) is 6.09 Å². The summed E-state index contributed by atoms with van der Waals surface area (Å²) in [5, 5.41) is 0. The van der Waals surface area contributed by atoms with E-state index >= 15 is 0 Å². The third kappa shape index (κ3) is 4.01. The number of fused-ring (bicyclic) bond motifs is 1. The molecule has 23 heavy (non-hydrogen) atoms. The molecule has 1 aliphatic heterocycles. The van der Waals surface area contributed by atoms with Gasteiger partial charge in [-0.2, -0.15) is 0 Å². The van der Waals surface area contributed by atoms with Gasteiger partial charge in [-0.1, -0.05) is 18.2 Å². The number of anilines is 1. The lowest BCUT2D eigenvalue weighted by atomic mass is 10.0. The topological polar surface area (TPSA) is 81.9 Å². The van der Waals surface area contributed by atoms with Crippen LogP contribution < -0.4 is 10.6 Å². The van der Waals surface area contributed by atoms with Gasteiger partial charge in [0.05, 0.1) is 12.8 Å². The second-order valence-corrected chi connectivity index (χ2v) is 6.64. The molecule has 1 amide bonds. The highest BCUT2D eigenvalue weighted by molar-refractivity contribution is 5.92. The van der Waals surface area contributed by atoms with E-state index in [1.807, 2.05) is 39.0 Å². The average Bonchev–Trinajstić information content (AvgIpc) is 2.89. The Labute approximate surface area is 136 Å². The summed E-state index contributed by atoms with van der Waals surface area (Å²) in [6.45, 7) is 6.07. The summed E-state index contributed by atoms with van der Waals surface area (Å²) in [4.78, 5) is 25.6. The first-order chi connectivity index (χ1) is 10.7. The van der Waals surface area contributed by atoms with E-state index < -0.39 is 17.6 Å². The molecule has 0 spiro atoms. The van der Waals surface area contributed by atoms with Crippen LogP contribution in [0.25, 0.3) is 0 Å². The van der Waals surface area contributed by atoms with Crippen molar-refractivity contribution in [3.63, 3.8) is 0 Å². The zero-order chi connectivity index (χ0) is 17.2. The van der Waals surface area contributed by atoms with Crippen LogP contribution in [0, 0.1) is 0 Å². The standard InChI is InChI=1S/C17H24N2O4/c1-17(2,3)23-16(21)19-9-8-11-6-5-7-12(14(11)19)10-13(18)15(20)22-4/h5-7,13H,8-10,18H2,1-4H3. The van der Waals surface area contributed by atoms with Gasteiger partial charge in [0, 0.05) is 13.0 Å². The normalized spacial score (nSPS) is 15.1. The third-order valence-corrected chi connectivity index (χ3v) is 3.64. The molecule has 1 aromatic rings. The Morgan fingerprint density at radius 1 is 1.35 bits per heavy atom. The van der Waals surface area contributed by atoms with Crippen LogP contribution in [0.1, 0.15) is 31.9 Å². The molecule has 1 aliphatic rings. The predicted molar refractivity (Wildman–Crippen MR) is 87.4 cm³/mol. The van der Waals surface area contributed by atoms with Gasteiger partial charge in [0.2, 0.25) is 0 Å². The number of hydrogen-bond donors (Lipinski definition) is 1. The molecule has 0 radical (unpaired) electrons. The Kier molecular flexibility index (Phi) is 4.94. The lowest BCUT2D eigenvalue weighted by molar-refractivity contribution is -0.142. The number of benzene rings is 1. The van der Waals surface area contributed by atoms with E-state index in [1.54, 1.807) is 4.90 Å². The maximum absolute atomic E-state index is 12.4. The predicted octanol–water partition coefficient (Wildman–Crippen LogP) is 2.03. The zero-order valence-corrected chi connectivity index (χ0v) is 14.1. The number of carbonyl (C=O) groups is 2. The molecular weight excluding hydrogens is 296 g/mol. The molecular formula is C17H24N2O4. The van der Waals surface area contributed by atoms with Gasteiger partial charge in [-0.25, -0.2) is 4.79 Å². The summed E-state index contributed by atoms with van der Waals surface area (Å²) in [6.07, 6.45) is 0.695. The van der Waals surface area contributed by atoms with Crippen molar-refractivity contribution in [3.8, 4) is 0 Å². The van der Waals surface area contributed by atoms with Gasteiger partial charge in [-0.3, -0.25) is 9.69 Å². The van der Waals surface area contributed by atoms with Crippen molar-refractivity contribution in [2.24, 2.45) is 5.73 Å². The quantitative estimate of drug-likeness (QED) is 0.862. The molecule has 1 atom stereocenters. The van der Waals surface area contributed by atoms with Crippen LogP contribution in [0.4, 0.5) is 10.5 Å². The molecule has 2 rings (SSSR count). The first-order valence-corrected chi connectivity index (χ1v) is 7.67. The first kappa shape index (κ1) is 17.3. The smallest absolute Gasteiger partial charge is 0.414 e. The molecule has 1 heterocycles. The molecule has 2 N–H and O–H groups in total. The fourth-order valence-electron chi connectivity index (χ4n) is 2.67. The van der Waals surface area contributed by atoms with Gasteiger partial charge >= 0.3 is 12.1 Å². The molecule has 1 unspecified atom stereocenters. The van der Waals surface area contributed by atoms with Crippen LogP contribution >= 0.6 is 0 Å². The first-order valence-electron chi connectivity index (χ1n) is 7.67. The Morgan fingerprint density at radius 3 is 2.65 bits per heavy atom. The molecule has 0 aliphatic carbocycles. The van der Waals surface area contributed by atoms with Crippen LogP contribution in [-0.2, 0) is 27.1 Å². The highest BCUT2D eigenvalue weighted by Gasteiger charge is 2.31. The number of nitrogens with zero attached hydrogens (tertiary/aromatic N) is 1. The molecule has 0 aromatic heterocycles. The summed E-state index contributed by atoms with van der Waals surface area (Å²) in [5.41, 5.74) is 8.03. The van der Waals surface area contributed by atoms with Crippen molar-refractivity contribution in [1.29, 1.82) is 0 Å². The van der Waals surface area contributed by atoms with Gasteiger partial charge in [-0.05, 0) is 38.3 Å². The third-order valence-electron chi connectivity index (χ3n) is 3.64. The number of methoxy groups -OCH3 is 1. The lowest BCUT2D eigenvalue weighted by Gasteiger charge is -2.26. The Bertz CT molecular complexity index is 607. The molecule has 126 valence electrons. The molecule has 0 bridgehead atoms. The number of rotatable bonds is 3. The highest BCUT2D eigenvalue weighted by Crippen LogP contribution is 2.33. The van der Waals surface area contributed by atoms with E-state index in [9.17, 15) is 9.59 Å². The lowest BCUT2D eigenvalue weighted by Crippen LogP contribution is -2.37. The van der Waals surface area contributed by atoms with Crippen LogP contribution in [0.3, 0.4) is 0 Å². The average molecular weight is 320 g/mol. The summed E-state index contributed by atoms with van der Waals surface area (Å²) >= 11 is 0.